The Morgan fingerprint density at radius 1 is 1.21 bits per heavy atom. The molecule has 1 aromatic carbocycles. The lowest BCUT2D eigenvalue weighted by molar-refractivity contribution is -0.111. The van der Waals surface area contributed by atoms with Crippen molar-refractivity contribution in [2.24, 2.45) is 0 Å². The number of rotatable bonds is 2. The molecule has 96 valence electrons. The van der Waals surface area contributed by atoms with Crippen LogP contribution in [0.2, 0.25) is 0 Å². The largest absolute Gasteiger partial charge is 0.288 e. The first-order valence-corrected chi connectivity index (χ1v) is 6.89. The Hall–Kier alpha value is -1.67. The van der Waals surface area contributed by atoms with E-state index < -0.39 is 0 Å². The maximum absolute atomic E-state index is 12.3. The third kappa shape index (κ3) is 2.54. The molecule has 0 bridgehead atoms. The zero-order valence-corrected chi connectivity index (χ0v) is 12.6. The van der Waals surface area contributed by atoms with Crippen molar-refractivity contribution in [1.29, 1.82) is 0 Å². The molecule has 0 unspecified atom stereocenters. The fraction of sp³-hybridized carbons (Fsp3) is 0.118. The molecular weight excluding hydrogens is 300 g/mol. The first-order valence-electron chi connectivity index (χ1n) is 6.10. The summed E-state index contributed by atoms with van der Waals surface area (Å²) >= 11 is 3.44. The summed E-state index contributed by atoms with van der Waals surface area (Å²) in [6.07, 6.45) is 3.82. The highest BCUT2D eigenvalue weighted by Gasteiger charge is 2.31. The Morgan fingerprint density at radius 3 is 2.37 bits per heavy atom. The third-order valence-electron chi connectivity index (χ3n) is 2.96. The smallest absolute Gasteiger partial charge is 0.201 e. The lowest BCUT2D eigenvalue weighted by Gasteiger charge is -2.06. The molecule has 0 aliphatic heterocycles. The number of carbonyl (C=O) groups excluding carboxylic acids is 1. The minimum atomic E-state index is 0.0231. The van der Waals surface area contributed by atoms with E-state index in [-0.39, 0.29) is 5.78 Å². The molecule has 0 saturated carbocycles. The Bertz CT molecular complexity index is 630. The summed E-state index contributed by atoms with van der Waals surface area (Å²) in [7, 11) is 0. The van der Waals surface area contributed by atoms with Crippen LogP contribution in [-0.4, -0.2) is 5.78 Å². The highest BCUT2D eigenvalue weighted by Crippen LogP contribution is 2.42. The van der Waals surface area contributed by atoms with Gasteiger partial charge < -0.3 is 0 Å². The van der Waals surface area contributed by atoms with Gasteiger partial charge in [-0.15, -0.1) is 0 Å². The van der Waals surface area contributed by atoms with Crippen LogP contribution in [-0.2, 0) is 4.79 Å². The maximum atomic E-state index is 12.3. The Morgan fingerprint density at radius 2 is 1.84 bits per heavy atom. The topological polar surface area (TPSA) is 17.1 Å². The number of Topliss-reactive ketones (excluding diaryl/α,β-unsaturated/α-hetero) is 1. The average molecular weight is 315 g/mol. The van der Waals surface area contributed by atoms with E-state index >= 15 is 0 Å². The van der Waals surface area contributed by atoms with Crippen LogP contribution in [0.5, 0.6) is 0 Å². The van der Waals surface area contributed by atoms with Gasteiger partial charge in [-0.25, -0.2) is 0 Å². The van der Waals surface area contributed by atoms with E-state index in [0.717, 1.165) is 22.3 Å². The molecule has 0 amide bonds. The molecule has 1 nitrogen and oxygen atoms in total. The summed E-state index contributed by atoms with van der Waals surface area (Å²) in [6, 6.07) is 9.94. The molecule has 19 heavy (non-hydrogen) atoms. The summed E-state index contributed by atoms with van der Waals surface area (Å²) < 4.78 is 0.624. The van der Waals surface area contributed by atoms with Crippen LogP contribution < -0.4 is 0 Å². The number of hydrogen-bond donors (Lipinski definition) is 0. The van der Waals surface area contributed by atoms with Crippen molar-refractivity contribution >= 4 is 27.3 Å². The second-order valence-electron chi connectivity index (χ2n) is 4.49. The van der Waals surface area contributed by atoms with Crippen molar-refractivity contribution in [1.82, 2.24) is 0 Å². The van der Waals surface area contributed by atoms with Crippen molar-refractivity contribution in [2.45, 2.75) is 13.8 Å². The fourth-order valence-electron chi connectivity index (χ4n) is 2.18. The zero-order chi connectivity index (χ0) is 14.0. The Balaban J connectivity index is 2.62. The van der Waals surface area contributed by atoms with Crippen LogP contribution >= 0.6 is 15.9 Å². The van der Waals surface area contributed by atoms with Gasteiger partial charge >= 0.3 is 0 Å². The van der Waals surface area contributed by atoms with Crippen molar-refractivity contribution in [3.8, 4) is 0 Å². The summed E-state index contributed by atoms with van der Waals surface area (Å²) in [5, 5.41) is 0. The van der Waals surface area contributed by atoms with Crippen molar-refractivity contribution < 1.29 is 4.79 Å². The van der Waals surface area contributed by atoms with E-state index in [2.05, 4.69) is 22.5 Å². The monoisotopic (exact) mass is 314 g/mol. The van der Waals surface area contributed by atoms with E-state index in [1.165, 1.54) is 0 Å². The van der Waals surface area contributed by atoms with Gasteiger partial charge in [-0.1, -0.05) is 48.6 Å². The van der Waals surface area contributed by atoms with Gasteiger partial charge in [0.25, 0.3) is 0 Å². The molecular formula is C17H15BrO. The zero-order valence-electron chi connectivity index (χ0n) is 11.0. The number of benzene rings is 1. The van der Waals surface area contributed by atoms with E-state index in [9.17, 15) is 4.79 Å². The minimum Gasteiger partial charge on any atom is -0.288 e. The molecule has 1 aliphatic rings. The van der Waals surface area contributed by atoms with Crippen LogP contribution in [0.15, 0.2) is 70.3 Å². The second kappa shape index (κ2) is 5.54. The van der Waals surface area contributed by atoms with Crippen LogP contribution in [0.1, 0.15) is 19.4 Å². The normalized spacial score (nSPS) is 19.6. The molecule has 0 N–H and O–H groups in total. The Kier molecular flexibility index (Phi) is 4.01. The number of allylic oxidation sites excluding steroid dienone is 7. The van der Waals surface area contributed by atoms with E-state index in [1.54, 1.807) is 0 Å². The summed E-state index contributed by atoms with van der Waals surface area (Å²) in [5.41, 5.74) is 4.55. The predicted molar refractivity (Wildman–Crippen MR) is 84.0 cm³/mol. The van der Waals surface area contributed by atoms with Gasteiger partial charge in [-0.2, -0.15) is 0 Å². The number of carbonyl (C=O) groups is 1. The van der Waals surface area contributed by atoms with Crippen LogP contribution in [0.25, 0.3) is 5.57 Å². The predicted octanol–water partition coefficient (Wildman–Crippen LogP) is 4.82. The molecule has 0 radical (unpaired) electrons. The van der Waals surface area contributed by atoms with Gasteiger partial charge in [-0.3, -0.25) is 4.79 Å². The third-order valence-corrected chi connectivity index (χ3v) is 3.72. The Labute approximate surface area is 122 Å². The van der Waals surface area contributed by atoms with Crippen LogP contribution in [0, 0.1) is 0 Å². The molecule has 2 heteroatoms. The molecule has 2 rings (SSSR count). The van der Waals surface area contributed by atoms with Gasteiger partial charge in [0.1, 0.15) is 0 Å². The van der Waals surface area contributed by atoms with Crippen molar-refractivity contribution in [3.63, 3.8) is 0 Å². The van der Waals surface area contributed by atoms with Crippen LogP contribution in [0.4, 0.5) is 0 Å². The molecule has 0 fully saturated rings. The average Bonchev–Trinajstić information content (AvgIpc) is 2.63. The molecule has 1 aliphatic carbocycles. The van der Waals surface area contributed by atoms with Crippen LogP contribution in [0.3, 0.4) is 0 Å². The number of hydrogen-bond acceptors (Lipinski definition) is 1. The summed E-state index contributed by atoms with van der Waals surface area (Å²) in [5.74, 6) is 0.0231. The summed E-state index contributed by atoms with van der Waals surface area (Å²) in [4.78, 5) is 12.3. The SMILES string of the molecule is C=C(C)C=C1C(=O)C(Br)=C(c2ccccc2)C1=CC. The first-order chi connectivity index (χ1) is 9.06. The van der Waals surface area contributed by atoms with Gasteiger partial charge in [0, 0.05) is 11.1 Å². The molecule has 0 spiro atoms. The molecule has 0 saturated heterocycles. The molecule has 0 heterocycles. The summed E-state index contributed by atoms with van der Waals surface area (Å²) in [6.45, 7) is 7.69. The first kappa shape index (κ1) is 13.8. The van der Waals surface area contributed by atoms with E-state index in [4.69, 9.17) is 0 Å². The molecule has 1 aromatic rings. The molecule has 0 aromatic heterocycles. The van der Waals surface area contributed by atoms with Gasteiger partial charge in [0.05, 0.1) is 4.48 Å². The quantitative estimate of drug-likeness (QED) is 0.715. The standard InChI is InChI=1S/C17H15BrO/c1-4-13-14(10-11(2)3)17(19)16(18)15(13)12-8-6-5-7-9-12/h4-10H,2H2,1,3H3. The highest BCUT2D eigenvalue weighted by molar-refractivity contribution is 9.12. The fourth-order valence-corrected chi connectivity index (χ4v) is 2.84. The van der Waals surface area contributed by atoms with E-state index in [0.29, 0.717) is 10.1 Å². The lowest BCUT2D eigenvalue weighted by Crippen LogP contribution is -1.96. The minimum absolute atomic E-state index is 0.0231. The van der Waals surface area contributed by atoms with Gasteiger partial charge in [0.2, 0.25) is 5.78 Å². The number of ketones is 1. The van der Waals surface area contributed by atoms with Crippen molar-refractivity contribution in [2.75, 3.05) is 0 Å². The number of halogens is 1. The maximum Gasteiger partial charge on any atom is 0.201 e. The van der Waals surface area contributed by atoms with E-state index in [1.807, 2.05) is 56.3 Å². The van der Waals surface area contributed by atoms with Gasteiger partial charge in [0.15, 0.2) is 0 Å². The lowest BCUT2D eigenvalue weighted by atomic mass is 9.97. The molecule has 0 atom stereocenters. The second-order valence-corrected chi connectivity index (χ2v) is 5.28. The highest BCUT2D eigenvalue weighted by atomic mass is 79.9. The van der Waals surface area contributed by atoms with Gasteiger partial charge in [-0.05, 0) is 47.0 Å². The van der Waals surface area contributed by atoms with Crippen molar-refractivity contribution in [3.05, 3.63) is 75.8 Å².